The van der Waals surface area contributed by atoms with Crippen LogP contribution in [0.2, 0.25) is 0 Å². The Bertz CT molecular complexity index is 305. The molecule has 0 aromatic rings. The van der Waals surface area contributed by atoms with Crippen LogP contribution in [0, 0.1) is 5.92 Å². The second kappa shape index (κ2) is 4.04. The summed E-state index contributed by atoms with van der Waals surface area (Å²) in [4.78, 5) is 24.2. The third-order valence-corrected chi connectivity index (χ3v) is 3.23. The smallest absolute Gasteiger partial charge is 0.312 e. The third-order valence-electron chi connectivity index (χ3n) is 3.23. The number of carbonyl (C=O) groups excluding carboxylic acids is 1. The van der Waals surface area contributed by atoms with Gasteiger partial charge in [-0.2, -0.15) is 0 Å². The fourth-order valence-electron chi connectivity index (χ4n) is 2.36. The molecule has 0 spiro atoms. The van der Waals surface area contributed by atoms with Gasteiger partial charge in [-0.25, -0.2) is 0 Å². The number of rotatable bonds is 2. The second-order valence-corrected chi connectivity index (χ2v) is 4.23. The molecule has 1 aliphatic carbocycles. The largest absolute Gasteiger partial charge is 0.481 e. The van der Waals surface area contributed by atoms with Crippen molar-refractivity contribution in [1.29, 1.82) is 0 Å². The minimum absolute atomic E-state index is 0.0283. The van der Waals surface area contributed by atoms with Crippen molar-refractivity contribution in [1.82, 2.24) is 4.90 Å². The van der Waals surface area contributed by atoms with Crippen LogP contribution in [-0.2, 0) is 9.59 Å². The number of hydrogen-bond donors (Lipinski definition) is 1. The van der Waals surface area contributed by atoms with E-state index in [0.717, 1.165) is 25.7 Å². The maximum absolute atomic E-state index is 11.6. The molecule has 1 amide bonds. The molecular formula is C11H15NO3. The van der Waals surface area contributed by atoms with Crippen LogP contribution in [0.3, 0.4) is 0 Å². The van der Waals surface area contributed by atoms with Crippen molar-refractivity contribution in [2.45, 2.75) is 31.7 Å². The van der Waals surface area contributed by atoms with Crippen LogP contribution in [-0.4, -0.2) is 34.5 Å². The Morgan fingerprint density at radius 2 is 2.07 bits per heavy atom. The molecule has 2 rings (SSSR count). The standard InChI is InChI=1S/C11H15NO3/c13-10-6-5-8(11(14)15)7-12(10)9-3-1-2-4-9/h5-6,8-9H,1-4,7H2,(H,14,15). The molecule has 0 saturated heterocycles. The number of amides is 1. The molecule has 4 heteroatoms. The maximum Gasteiger partial charge on any atom is 0.312 e. The van der Waals surface area contributed by atoms with E-state index in [-0.39, 0.29) is 11.9 Å². The van der Waals surface area contributed by atoms with Gasteiger partial charge in [0.05, 0.1) is 5.92 Å². The lowest BCUT2D eigenvalue weighted by Gasteiger charge is -2.32. The fourth-order valence-corrected chi connectivity index (χ4v) is 2.36. The minimum Gasteiger partial charge on any atom is -0.481 e. The summed E-state index contributed by atoms with van der Waals surface area (Å²) in [5.41, 5.74) is 0. The van der Waals surface area contributed by atoms with Crippen LogP contribution in [0.15, 0.2) is 12.2 Å². The van der Waals surface area contributed by atoms with Gasteiger partial charge in [-0.05, 0) is 12.8 Å². The molecule has 1 aliphatic heterocycles. The zero-order valence-electron chi connectivity index (χ0n) is 8.56. The Kier molecular flexibility index (Phi) is 2.75. The number of carboxylic acids is 1. The van der Waals surface area contributed by atoms with Crippen molar-refractivity contribution < 1.29 is 14.7 Å². The first-order chi connectivity index (χ1) is 7.18. The number of aliphatic carboxylic acids is 1. The molecule has 0 bridgehead atoms. The average molecular weight is 209 g/mol. The summed E-state index contributed by atoms with van der Waals surface area (Å²) in [6.45, 7) is 0.343. The van der Waals surface area contributed by atoms with Crippen molar-refractivity contribution in [3.8, 4) is 0 Å². The number of hydrogen-bond acceptors (Lipinski definition) is 2. The summed E-state index contributed by atoms with van der Waals surface area (Å²) in [5.74, 6) is -1.40. The Hall–Kier alpha value is -1.32. The number of nitrogens with zero attached hydrogens (tertiary/aromatic N) is 1. The summed E-state index contributed by atoms with van der Waals surface area (Å²) < 4.78 is 0. The normalized spacial score (nSPS) is 27.3. The molecule has 0 aromatic carbocycles. The number of carboxylic acid groups (broad SMARTS) is 1. The van der Waals surface area contributed by atoms with Gasteiger partial charge < -0.3 is 10.0 Å². The zero-order valence-corrected chi connectivity index (χ0v) is 8.56. The van der Waals surface area contributed by atoms with Gasteiger partial charge in [-0.3, -0.25) is 9.59 Å². The molecule has 4 nitrogen and oxygen atoms in total. The van der Waals surface area contributed by atoms with Gasteiger partial charge in [0, 0.05) is 18.7 Å². The van der Waals surface area contributed by atoms with E-state index in [4.69, 9.17) is 5.11 Å². The fraction of sp³-hybridized carbons (Fsp3) is 0.636. The molecule has 82 valence electrons. The van der Waals surface area contributed by atoms with Gasteiger partial charge in [0.2, 0.25) is 5.91 Å². The first kappa shape index (κ1) is 10.2. The van der Waals surface area contributed by atoms with Crippen LogP contribution < -0.4 is 0 Å². The highest BCUT2D eigenvalue weighted by Crippen LogP contribution is 2.26. The zero-order chi connectivity index (χ0) is 10.8. The summed E-state index contributed by atoms with van der Waals surface area (Å²) >= 11 is 0. The van der Waals surface area contributed by atoms with Gasteiger partial charge in [-0.1, -0.05) is 18.9 Å². The molecule has 1 atom stereocenters. The molecule has 1 heterocycles. The van der Waals surface area contributed by atoms with Crippen molar-refractivity contribution in [2.75, 3.05) is 6.54 Å². The van der Waals surface area contributed by atoms with Crippen LogP contribution in [0.5, 0.6) is 0 Å². The van der Waals surface area contributed by atoms with Crippen LogP contribution >= 0.6 is 0 Å². The summed E-state index contributed by atoms with van der Waals surface area (Å²) in [5, 5.41) is 8.90. The molecule has 0 radical (unpaired) electrons. The Labute approximate surface area is 88.6 Å². The lowest BCUT2D eigenvalue weighted by molar-refractivity contribution is -0.142. The van der Waals surface area contributed by atoms with E-state index < -0.39 is 11.9 Å². The van der Waals surface area contributed by atoms with E-state index >= 15 is 0 Å². The van der Waals surface area contributed by atoms with Gasteiger partial charge in [0.25, 0.3) is 0 Å². The highest BCUT2D eigenvalue weighted by atomic mass is 16.4. The van der Waals surface area contributed by atoms with E-state index in [0.29, 0.717) is 6.54 Å². The van der Waals surface area contributed by atoms with Gasteiger partial charge in [0.15, 0.2) is 0 Å². The molecule has 1 fully saturated rings. The summed E-state index contributed by atoms with van der Waals surface area (Å²) in [6, 6.07) is 0.268. The Balaban J connectivity index is 2.08. The molecule has 1 unspecified atom stereocenters. The summed E-state index contributed by atoms with van der Waals surface area (Å²) in [6.07, 6.45) is 7.24. The van der Waals surface area contributed by atoms with E-state index in [9.17, 15) is 9.59 Å². The van der Waals surface area contributed by atoms with Crippen molar-refractivity contribution in [2.24, 2.45) is 5.92 Å². The van der Waals surface area contributed by atoms with E-state index in [1.165, 1.54) is 12.2 Å². The van der Waals surface area contributed by atoms with Crippen molar-refractivity contribution in [3.05, 3.63) is 12.2 Å². The van der Waals surface area contributed by atoms with Gasteiger partial charge in [0.1, 0.15) is 0 Å². The Morgan fingerprint density at radius 3 is 2.67 bits per heavy atom. The maximum atomic E-state index is 11.6. The first-order valence-electron chi connectivity index (χ1n) is 5.40. The molecule has 1 N–H and O–H groups in total. The van der Waals surface area contributed by atoms with E-state index in [1.54, 1.807) is 4.90 Å². The minimum atomic E-state index is -0.846. The molecule has 2 aliphatic rings. The molecule has 15 heavy (non-hydrogen) atoms. The van der Waals surface area contributed by atoms with Crippen LogP contribution in [0.4, 0.5) is 0 Å². The monoisotopic (exact) mass is 209 g/mol. The third kappa shape index (κ3) is 2.03. The highest BCUT2D eigenvalue weighted by Gasteiger charge is 2.31. The number of carbonyl (C=O) groups is 2. The van der Waals surface area contributed by atoms with Crippen molar-refractivity contribution >= 4 is 11.9 Å². The molecule has 0 aromatic heterocycles. The lowest BCUT2D eigenvalue weighted by atomic mass is 10.0. The van der Waals surface area contributed by atoms with Gasteiger partial charge in [-0.15, -0.1) is 0 Å². The highest BCUT2D eigenvalue weighted by molar-refractivity contribution is 5.91. The second-order valence-electron chi connectivity index (χ2n) is 4.23. The molecule has 1 saturated carbocycles. The predicted octanol–water partition coefficient (Wildman–Crippen LogP) is 1.03. The van der Waals surface area contributed by atoms with Crippen molar-refractivity contribution in [3.63, 3.8) is 0 Å². The van der Waals surface area contributed by atoms with E-state index in [2.05, 4.69) is 0 Å². The average Bonchev–Trinajstić information content (AvgIpc) is 2.71. The summed E-state index contributed by atoms with van der Waals surface area (Å²) in [7, 11) is 0. The topological polar surface area (TPSA) is 57.6 Å². The van der Waals surface area contributed by atoms with Crippen LogP contribution in [0.25, 0.3) is 0 Å². The van der Waals surface area contributed by atoms with Crippen LogP contribution in [0.1, 0.15) is 25.7 Å². The lowest BCUT2D eigenvalue weighted by Crippen LogP contribution is -2.44. The van der Waals surface area contributed by atoms with Gasteiger partial charge >= 0.3 is 5.97 Å². The quantitative estimate of drug-likeness (QED) is 0.739. The first-order valence-corrected chi connectivity index (χ1v) is 5.40. The Morgan fingerprint density at radius 1 is 1.40 bits per heavy atom. The van der Waals surface area contributed by atoms with E-state index in [1.807, 2.05) is 0 Å². The predicted molar refractivity (Wildman–Crippen MR) is 54.2 cm³/mol. The SMILES string of the molecule is O=C(O)C1C=CC(=O)N(C2CCCC2)C1. The molecular weight excluding hydrogens is 194 g/mol.